The van der Waals surface area contributed by atoms with Crippen LogP contribution >= 0.6 is 0 Å². The van der Waals surface area contributed by atoms with Gasteiger partial charge in [-0.25, -0.2) is 8.42 Å². The van der Waals surface area contributed by atoms with Crippen molar-refractivity contribution in [1.82, 2.24) is 5.32 Å². The van der Waals surface area contributed by atoms with Crippen LogP contribution in [0.2, 0.25) is 0 Å². The number of nitrogens with zero attached hydrogens (tertiary/aromatic N) is 1. The summed E-state index contributed by atoms with van der Waals surface area (Å²) >= 11 is 0. The topological polar surface area (TPSA) is 75.7 Å². The SMILES string of the molecule is COc1ccc(S(=O)(=O)N(CC(=O)NCc2ccc(C)cc2)c2ccccc2)cc1C. The second-order valence-electron chi connectivity index (χ2n) is 7.24. The molecule has 0 aliphatic carbocycles. The van der Waals surface area contributed by atoms with Crippen LogP contribution in [0.15, 0.2) is 77.7 Å². The number of aryl methyl sites for hydroxylation is 2. The molecule has 0 fully saturated rings. The molecule has 0 aliphatic heterocycles. The molecule has 7 heteroatoms. The zero-order chi connectivity index (χ0) is 22.4. The summed E-state index contributed by atoms with van der Waals surface area (Å²) < 4.78 is 33.2. The highest BCUT2D eigenvalue weighted by atomic mass is 32.2. The number of methoxy groups -OCH3 is 1. The molecule has 6 nitrogen and oxygen atoms in total. The molecule has 3 aromatic carbocycles. The van der Waals surface area contributed by atoms with Crippen molar-refractivity contribution in [3.8, 4) is 5.75 Å². The van der Waals surface area contributed by atoms with Gasteiger partial charge in [0.2, 0.25) is 5.91 Å². The minimum absolute atomic E-state index is 0.0981. The van der Waals surface area contributed by atoms with Crippen LogP contribution in [0, 0.1) is 13.8 Å². The molecule has 0 spiro atoms. The van der Waals surface area contributed by atoms with E-state index in [1.807, 2.05) is 31.2 Å². The van der Waals surface area contributed by atoms with Gasteiger partial charge in [-0.1, -0.05) is 48.0 Å². The van der Waals surface area contributed by atoms with Crippen LogP contribution < -0.4 is 14.4 Å². The zero-order valence-corrected chi connectivity index (χ0v) is 18.6. The number of nitrogens with one attached hydrogen (secondary N) is 1. The van der Waals surface area contributed by atoms with E-state index in [2.05, 4.69) is 5.32 Å². The molecule has 0 unspecified atom stereocenters. The van der Waals surface area contributed by atoms with Gasteiger partial charge in [0, 0.05) is 6.54 Å². The first-order chi connectivity index (χ1) is 14.8. The van der Waals surface area contributed by atoms with Crippen molar-refractivity contribution in [1.29, 1.82) is 0 Å². The minimum atomic E-state index is -3.97. The Morgan fingerprint density at radius 3 is 2.26 bits per heavy atom. The number of rotatable bonds is 8. The van der Waals surface area contributed by atoms with Crippen LogP contribution in [0.5, 0.6) is 5.75 Å². The largest absolute Gasteiger partial charge is 0.496 e. The van der Waals surface area contributed by atoms with Gasteiger partial charge in [0.1, 0.15) is 12.3 Å². The Labute approximate surface area is 183 Å². The van der Waals surface area contributed by atoms with Crippen molar-refractivity contribution in [2.24, 2.45) is 0 Å². The van der Waals surface area contributed by atoms with Crippen LogP contribution in [-0.2, 0) is 21.4 Å². The fraction of sp³-hybridized carbons (Fsp3) is 0.208. The number of carbonyl (C=O) groups excluding carboxylic acids is 1. The number of anilines is 1. The summed E-state index contributed by atoms with van der Waals surface area (Å²) in [4.78, 5) is 12.8. The molecule has 1 amide bonds. The number of sulfonamides is 1. The van der Waals surface area contributed by atoms with E-state index in [1.54, 1.807) is 49.4 Å². The number of carbonyl (C=O) groups is 1. The quantitative estimate of drug-likeness (QED) is 0.580. The lowest BCUT2D eigenvalue weighted by Crippen LogP contribution is -2.40. The van der Waals surface area contributed by atoms with Crippen molar-refractivity contribution in [2.75, 3.05) is 18.0 Å². The number of para-hydroxylation sites is 1. The Morgan fingerprint density at radius 1 is 0.968 bits per heavy atom. The number of benzene rings is 3. The minimum Gasteiger partial charge on any atom is -0.496 e. The van der Waals surface area contributed by atoms with E-state index in [-0.39, 0.29) is 11.4 Å². The number of amides is 1. The van der Waals surface area contributed by atoms with Crippen LogP contribution in [-0.4, -0.2) is 28.0 Å². The summed E-state index contributed by atoms with van der Waals surface area (Å²) in [5.74, 6) is 0.208. The van der Waals surface area contributed by atoms with E-state index in [0.717, 1.165) is 15.4 Å². The third-order valence-corrected chi connectivity index (χ3v) is 6.67. The molecule has 0 atom stereocenters. The molecule has 162 valence electrons. The summed E-state index contributed by atoms with van der Waals surface area (Å²) in [6.07, 6.45) is 0. The molecule has 0 saturated carbocycles. The van der Waals surface area contributed by atoms with Crippen LogP contribution in [0.1, 0.15) is 16.7 Å². The van der Waals surface area contributed by atoms with E-state index >= 15 is 0 Å². The highest BCUT2D eigenvalue weighted by molar-refractivity contribution is 7.92. The molecule has 0 radical (unpaired) electrons. The Kier molecular flexibility index (Phi) is 6.97. The zero-order valence-electron chi connectivity index (χ0n) is 17.8. The highest BCUT2D eigenvalue weighted by Gasteiger charge is 2.27. The molecule has 31 heavy (non-hydrogen) atoms. The van der Waals surface area contributed by atoms with Gasteiger partial charge in [0.25, 0.3) is 10.0 Å². The average Bonchev–Trinajstić information content (AvgIpc) is 2.77. The van der Waals surface area contributed by atoms with Gasteiger partial charge in [-0.15, -0.1) is 0 Å². The first-order valence-corrected chi connectivity index (χ1v) is 11.3. The lowest BCUT2D eigenvalue weighted by atomic mass is 10.1. The number of ether oxygens (including phenoxy) is 1. The standard InChI is InChI=1S/C24H26N2O4S/c1-18-9-11-20(12-10-18)16-25-24(27)17-26(21-7-5-4-6-8-21)31(28,29)22-13-14-23(30-3)19(2)15-22/h4-15H,16-17H2,1-3H3,(H,25,27). The van der Waals surface area contributed by atoms with Crippen molar-refractivity contribution in [2.45, 2.75) is 25.3 Å². The predicted octanol–water partition coefficient (Wildman–Crippen LogP) is 3.82. The molecular formula is C24H26N2O4S. The maximum absolute atomic E-state index is 13.4. The van der Waals surface area contributed by atoms with Gasteiger partial charge in [-0.2, -0.15) is 0 Å². The Hall–Kier alpha value is -3.32. The Bertz CT molecular complexity index is 1140. The van der Waals surface area contributed by atoms with Crippen LogP contribution in [0.3, 0.4) is 0 Å². The lowest BCUT2D eigenvalue weighted by molar-refractivity contribution is -0.119. The van der Waals surface area contributed by atoms with Crippen LogP contribution in [0.4, 0.5) is 5.69 Å². The van der Waals surface area contributed by atoms with Crippen LogP contribution in [0.25, 0.3) is 0 Å². The van der Waals surface area contributed by atoms with Gasteiger partial charge >= 0.3 is 0 Å². The van der Waals surface area contributed by atoms with Gasteiger partial charge < -0.3 is 10.1 Å². The molecule has 0 bridgehead atoms. The second-order valence-corrected chi connectivity index (χ2v) is 9.10. The monoisotopic (exact) mass is 438 g/mol. The summed E-state index contributed by atoms with van der Waals surface area (Å²) in [5.41, 5.74) is 3.19. The average molecular weight is 439 g/mol. The van der Waals surface area contributed by atoms with Crippen molar-refractivity contribution in [3.05, 3.63) is 89.5 Å². The second kappa shape index (κ2) is 9.66. The fourth-order valence-corrected chi connectivity index (χ4v) is 4.65. The molecule has 0 aliphatic rings. The summed E-state index contributed by atoms with van der Waals surface area (Å²) in [6, 6.07) is 21.1. The van der Waals surface area contributed by atoms with Crippen molar-refractivity contribution in [3.63, 3.8) is 0 Å². The number of hydrogen-bond donors (Lipinski definition) is 1. The van der Waals surface area contributed by atoms with E-state index in [9.17, 15) is 13.2 Å². The third kappa shape index (κ3) is 5.44. The van der Waals surface area contributed by atoms with Crippen molar-refractivity contribution >= 4 is 21.6 Å². The molecule has 0 heterocycles. The predicted molar refractivity (Wildman–Crippen MR) is 122 cm³/mol. The summed E-state index contributed by atoms with van der Waals surface area (Å²) in [7, 11) is -2.44. The van der Waals surface area contributed by atoms with E-state index < -0.39 is 15.9 Å². The molecule has 3 aromatic rings. The maximum Gasteiger partial charge on any atom is 0.264 e. The summed E-state index contributed by atoms with van der Waals surface area (Å²) in [5, 5.41) is 2.81. The molecule has 0 saturated heterocycles. The smallest absolute Gasteiger partial charge is 0.264 e. The first-order valence-electron chi connectivity index (χ1n) is 9.86. The van der Waals surface area contributed by atoms with Gasteiger partial charge in [0.05, 0.1) is 17.7 Å². The van der Waals surface area contributed by atoms with E-state index in [4.69, 9.17) is 4.74 Å². The number of hydrogen-bond acceptors (Lipinski definition) is 4. The Balaban J connectivity index is 1.85. The van der Waals surface area contributed by atoms with Crippen molar-refractivity contribution < 1.29 is 17.9 Å². The van der Waals surface area contributed by atoms with Gasteiger partial charge in [-0.05, 0) is 55.3 Å². The maximum atomic E-state index is 13.4. The lowest BCUT2D eigenvalue weighted by Gasteiger charge is -2.24. The molecule has 3 rings (SSSR count). The highest BCUT2D eigenvalue weighted by Crippen LogP contribution is 2.27. The van der Waals surface area contributed by atoms with Gasteiger partial charge in [0.15, 0.2) is 0 Å². The molecular weight excluding hydrogens is 412 g/mol. The fourth-order valence-electron chi connectivity index (χ4n) is 3.14. The normalized spacial score (nSPS) is 11.1. The van der Waals surface area contributed by atoms with Gasteiger partial charge in [-0.3, -0.25) is 9.10 Å². The summed E-state index contributed by atoms with van der Waals surface area (Å²) in [6.45, 7) is 3.76. The molecule has 0 aromatic heterocycles. The third-order valence-electron chi connectivity index (χ3n) is 4.90. The van der Waals surface area contributed by atoms with E-state index in [1.165, 1.54) is 13.2 Å². The molecule has 1 N–H and O–H groups in total. The first kappa shape index (κ1) is 22.4. The Morgan fingerprint density at radius 2 is 1.65 bits per heavy atom. The van der Waals surface area contributed by atoms with E-state index in [0.29, 0.717) is 23.5 Å².